The van der Waals surface area contributed by atoms with Crippen molar-refractivity contribution in [2.24, 2.45) is 0 Å². The van der Waals surface area contributed by atoms with Crippen molar-refractivity contribution in [1.29, 1.82) is 0 Å². The number of hydrogen-bond acceptors (Lipinski definition) is 2. The van der Waals surface area contributed by atoms with Crippen molar-refractivity contribution in [2.45, 2.75) is 31.7 Å². The van der Waals surface area contributed by atoms with Crippen LogP contribution in [-0.4, -0.2) is 10.5 Å². The first-order valence-corrected chi connectivity index (χ1v) is 7.93. The largest absolute Gasteiger partial charge is 0.379 e. The van der Waals surface area contributed by atoms with Crippen LogP contribution in [0, 0.1) is 0 Å². The lowest BCUT2D eigenvalue weighted by Gasteiger charge is -2.37. The Morgan fingerprint density at radius 1 is 1.00 bits per heavy atom. The predicted octanol–water partition coefficient (Wildman–Crippen LogP) is 4.59. The van der Waals surface area contributed by atoms with Crippen LogP contribution in [0.25, 0.3) is 10.9 Å². The average molecular weight is 288 g/mol. The number of para-hydroxylation sites is 2. The lowest BCUT2D eigenvalue weighted by Crippen LogP contribution is -2.41. The van der Waals surface area contributed by atoms with Gasteiger partial charge in [0.05, 0.1) is 5.52 Å². The molecule has 22 heavy (non-hydrogen) atoms. The van der Waals surface area contributed by atoms with Gasteiger partial charge in [0.1, 0.15) is 0 Å². The molecule has 0 fully saturated rings. The molecule has 0 radical (unpaired) electrons. The molecule has 2 nitrogen and oxygen atoms in total. The van der Waals surface area contributed by atoms with Crippen LogP contribution in [-0.2, 0) is 12.8 Å². The van der Waals surface area contributed by atoms with Crippen LogP contribution in [0.15, 0.2) is 60.7 Å². The summed E-state index contributed by atoms with van der Waals surface area (Å²) in [5.74, 6) is 0. The highest BCUT2D eigenvalue weighted by Crippen LogP contribution is 2.32. The van der Waals surface area contributed by atoms with Crippen LogP contribution in [0.3, 0.4) is 0 Å². The van der Waals surface area contributed by atoms with Gasteiger partial charge < -0.3 is 5.32 Å². The molecule has 1 aliphatic heterocycles. The van der Waals surface area contributed by atoms with Gasteiger partial charge in [-0.25, -0.2) is 0 Å². The van der Waals surface area contributed by atoms with E-state index in [9.17, 15) is 0 Å². The Hall–Kier alpha value is -2.35. The fourth-order valence-electron chi connectivity index (χ4n) is 3.40. The summed E-state index contributed by atoms with van der Waals surface area (Å²) >= 11 is 0. The zero-order valence-electron chi connectivity index (χ0n) is 12.8. The number of nitrogens with one attached hydrogen (secondary N) is 1. The third-order valence-corrected chi connectivity index (χ3v) is 4.63. The molecule has 2 heterocycles. The number of rotatable bonds is 2. The highest BCUT2D eigenvalue weighted by molar-refractivity contribution is 5.78. The van der Waals surface area contributed by atoms with Gasteiger partial charge in [-0.15, -0.1) is 0 Å². The lowest BCUT2D eigenvalue weighted by molar-refractivity contribution is 0.451. The van der Waals surface area contributed by atoms with Gasteiger partial charge in [-0.05, 0) is 43.5 Å². The maximum absolute atomic E-state index is 4.83. The van der Waals surface area contributed by atoms with Crippen LogP contribution >= 0.6 is 0 Å². The molecule has 4 rings (SSSR count). The van der Waals surface area contributed by atoms with Gasteiger partial charge >= 0.3 is 0 Å². The molecule has 0 spiro atoms. The summed E-state index contributed by atoms with van der Waals surface area (Å²) in [6.45, 7) is 2.31. The first kappa shape index (κ1) is 13.3. The highest BCUT2D eigenvalue weighted by Gasteiger charge is 2.29. The number of benzene rings is 2. The molecule has 1 aliphatic rings. The van der Waals surface area contributed by atoms with Crippen molar-refractivity contribution >= 4 is 16.6 Å². The molecule has 0 aliphatic carbocycles. The standard InChI is InChI=1S/C20H20N2/c1-20(13-12-16-7-3-5-9-19(16)22-20)14-17-11-10-15-6-2-4-8-18(15)21-17/h2-11,22H,12-14H2,1H3. The quantitative estimate of drug-likeness (QED) is 0.745. The van der Waals surface area contributed by atoms with Crippen LogP contribution in [0.2, 0.25) is 0 Å². The molecule has 0 amide bonds. The number of anilines is 1. The highest BCUT2D eigenvalue weighted by atomic mass is 15.0. The fourth-order valence-corrected chi connectivity index (χ4v) is 3.40. The zero-order valence-corrected chi connectivity index (χ0v) is 12.8. The fraction of sp³-hybridized carbons (Fsp3) is 0.250. The molecule has 3 aromatic rings. The summed E-state index contributed by atoms with van der Waals surface area (Å²) in [4.78, 5) is 4.83. The van der Waals surface area contributed by atoms with Crippen LogP contribution < -0.4 is 5.32 Å². The molecule has 1 unspecified atom stereocenters. The van der Waals surface area contributed by atoms with E-state index in [0.717, 1.165) is 30.5 Å². The first-order valence-electron chi connectivity index (χ1n) is 7.93. The summed E-state index contributed by atoms with van der Waals surface area (Å²) in [5, 5.41) is 4.94. The van der Waals surface area contributed by atoms with E-state index in [2.05, 4.69) is 72.9 Å². The van der Waals surface area contributed by atoms with E-state index < -0.39 is 0 Å². The van der Waals surface area contributed by atoms with Gasteiger partial charge in [0.2, 0.25) is 0 Å². The molecule has 0 saturated carbocycles. The van der Waals surface area contributed by atoms with E-state index in [1.807, 2.05) is 0 Å². The Morgan fingerprint density at radius 3 is 2.77 bits per heavy atom. The van der Waals surface area contributed by atoms with E-state index in [-0.39, 0.29) is 5.54 Å². The normalized spacial score (nSPS) is 20.4. The van der Waals surface area contributed by atoms with Gasteiger partial charge in [-0.1, -0.05) is 42.5 Å². The second-order valence-electron chi connectivity index (χ2n) is 6.51. The van der Waals surface area contributed by atoms with Crippen molar-refractivity contribution < 1.29 is 0 Å². The van der Waals surface area contributed by atoms with Gasteiger partial charge in [-0.2, -0.15) is 0 Å². The Kier molecular flexibility index (Phi) is 3.11. The van der Waals surface area contributed by atoms with E-state index >= 15 is 0 Å². The predicted molar refractivity (Wildman–Crippen MR) is 92.2 cm³/mol. The summed E-state index contributed by atoms with van der Waals surface area (Å²) in [6, 6.07) is 21.3. The zero-order chi connectivity index (χ0) is 15.0. The molecule has 0 bridgehead atoms. The SMILES string of the molecule is CC1(Cc2ccc3ccccc3n2)CCc2ccccc2N1. The molecule has 1 N–H and O–H groups in total. The molecule has 1 aromatic heterocycles. The second kappa shape index (κ2) is 5.13. The number of nitrogens with zero attached hydrogens (tertiary/aromatic N) is 1. The van der Waals surface area contributed by atoms with Crippen molar-refractivity contribution in [2.75, 3.05) is 5.32 Å². The summed E-state index contributed by atoms with van der Waals surface area (Å²) < 4.78 is 0. The van der Waals surface area contributed by atoms with E-state index in [0.29, 0.717) is 0 Å². The van der Waals surface area contributed by atoms with Crippen molar-refractivity contribution in [3.63, 3.8) is 0 Å². The van der Waals surface area contributed by atoms with Crippen molar-refractivity contribution in [1.82, 2.24) is 4.98 Å². The molecular weight excluding hydrogens is 268 g/mol. The van der Waals surface area contributed by atoms with Crippen LogP contribution in [0.5, 0.6) is 0 Å². The Labute approximate surface area is 131 Å². The number of hydrogen-bond donors (Lipinski definition) is 1. The molecular formula is C20H20N2. The minimum absolute atomic E-state index is 0.0732. The lowest BCUT2D eigenvalue weighted by atomic mass is 9.84. The number of fused-ring (bicyclic) bond motifs is 2. The van der Waals surface area contributed by atoms with Crippen LogP contribution in [0.1, 0.15) is 24.6 Å². The molecule has 110 valence electrons. The monoisotopic (exact) mass is 288 g/mol. The maximum Gasteiger partial charge on any atom is 0.0705 e. The molecule has 0 saturated heterocycles. The number of pyridine rings is 1. The second-order valence-corrected chi connectivity index (χ2v) is 6.51. The van der Waals surface area contributed by atoms with E-state index in [1.165, 1.54) is 16.6 Å². The van der Waals surface area contributed by atoms with Crippen molar-refractivity contribution in [3.05, 3.63) is 71.9 Å². The van der Waals surface area contributed by atoms with Gasteiger partial charge in [0.15, 0.2) is 0 Å². The van der Waals surface area contributed by atoms with Crippen LogP contribution in [0.4, 0.5) is 5.69 Å². The maximum atomic E-state index is 4.83. The molecule has 1 atom stereocenters. The van der Waals surface area contributed by atoms with E-state index in [4.69, 9.17) is 4.98 Å². The van der Waals surface area contributed by atoms with E-state index in [1.54, 1.807) is 0 Å². The minimum Gasteiger partial charge on any atom is -0.379 e. The Bertz CT molecular complexity index is 825. The summed E-state index contributed by atoms with van der Waals surface area (Å²) in [7, 11) is 0. The summed E-state index contributed by atoms with van der Waals surface area (Å²) in [5.41, 5.74) is 5.01. The Morgan fingerprint density at radius 2 is 1.82 bits per heavy atom. The Balaban J connectivity index is 1.62. The number of aryl methyl sites for hydroxylation is 1. The number of aromatic nitrogens is 1. The van der Waals surface area contributed by atoms with Gasteiger partial charge in [0.25, 0.3) is 0 Å². The third-order valence-electron chi connectivity index (χ3n) is 4.63. The molecule has 2 aromatic carbocycles. The topological polar surface area (TPSA) is 24.9 Å². The summed E-state index contributed by atoms with van der Waals surface area (Å²) in [6.07, 6.45) is 3.22. The van der Waals surface area contributed by atoms with Gasteiger partial charge in [0, 0.05) is 28.7 Å². The van der Waals surface area contributed by atoms with Gasteiger partial charge in [-0.3, -0.25) is 4.98 Å². The van der Waals surface area contributed by atoms with Crippen molar-refractivity contribution in [3.8, 4) is 0 Å². The average Bonchev–Trinajstić information content (AvgIpc) is 2.54. The minimum atomic E-state index is 0.0732. The molecule has 2 heteroatoms. The first-order chi connectivity index (χ1) is 10.7. The third kappa shape index (κ3) is 2.45. The smallest absolute Gasteiger partial charge is 0.0705 e.